The number of nitrogens with zero attached hydrogens (tertiary/aromatic N) is 6. The molecule has 0 radical (unpaired) electrons. The van der Waals surface area contributed by atoms with E-state index in [2.05, 4.69) is 51.2 Å². The van der Waals surface area contributed by atoms with Crippen LogP contribution in [-0.4, -0.2) is 57.1 Å². The normalized spacial score (nSPS) is 10.2. The standard InChI is InChI=1S/C10H14Cl2N10/c1-13-7-17-5(11)19-9(21-7)15-3-4-16-10-20-6(12)18-8(14-2)22-10/h3-4H2,1-2H3,(H2,13,15,17,19,21)(H2,14,16,18,20,22). The first-order valence-corrected chi connectivity index (χ1v) is 7.02. The maximum absolute atomic E-state index is 5.78. The van der Waals surface area contributed by atoms with E-state index in [1.165, 1.54) is 0 Å². The van der Waals surface area contributed by atoms with Crippen LogP contribution in [0.1, 0.15) is 0 Å². The van der Waals surface area contributed by atoms with Crippen molar-refractivity contribution in [1.82, 2.24) is 29.9 Å². The fourth-order valence-corrected chi connectivity index (χ4v) is 1.75. The van der Waals surface area contributed by atoms with Crippen molar-refractivity contribution in [1.29, 1.82) is 0 Å². The average molecular weight is 345 g/mol. The van der Waals surface area contributed by atoms with Crippen LogP contribution in [0.3, 0.4) is 0 Å². The van der Waals surface area contributed by atoms with Gasteiger partial charge in [-0.3, -0.25) is 0 Å². The highest BCUT2D eigenvalue weighted by Gasteiger charge is 2.05. The minimum atomic E-state index is 0.109. The summed E-state index contributed by atoms with van der Waals surface area (Å²) >= 11 is 11.6. The van der Waals surface area contributed by atoms with Gasteiger partial charge in [-0.2, -0.15) is 29.9 Å². The van der Waals surface area contributed by atoms with Crippen LogP contribution in [-0.2, 0) is 0 Å². The largest absolute Gasteiger partial charge is 0.357 e. The van der Waals surface area contributed by atoms with E-state index in [1.54, 1.807) is 14.1 Å². The lowest BCUT2D eigenvalue weighted by molar-refractivity contribution is 0.965. The number of nitrogens with one attached hydrogen (secondary N) is 4. The second-order valence-electron chi connectivity index (χ2n) is 3.86. The zero-order chi connectivity index (χ0) is 15.9. The SMILES string of the molecule is CNc1nc(Cl)nc(NCCNc2nc(Cl)nc(NC)n2)n1. The van der Waals surface area contributed by atoms with Gasteiger partial charge in [-0.05, 0) is 23.2 Å². The van der Waals surface area contributed by atoms with E-state index >= 15 is 0 Å². The fraction of sp³-hybridized carbons (Fsp3) is 0.400. The number of hydrogen-bond donors (Lipinski definition) is 4. The molecule has 0 unspecified atom stereocenters. The summed E-state index contributed by atoms with van der Waals surface area (Å²) in [6, 6.07) is 0. The van der Waals surface area contributed by atoms with Crippen molar-refractivity contribution in [2.75, 3.05) is 48.5 Å². The Kier molecular flexibility index (Phi) is 5.67. The minimum absolute atomic E-state index is 0.109. The Hall–Kier alpha value is -2.20. The summed E-state index contributed by atoms with van der Waals surface area (Å²) in [6.07, 6.45) is 0. The number of aromatic nitrogens is 6. The summed E-state index contributed by atoms with van der Waals surface area (Å²) in [7, 11) is 3.39. The Morgan fingerprint density at radius 2 is 1.00 bits per heavy atom. The van der Waals surface area contributed by atoms with E-state index < -0.39 is 0 Å². The molecular formula is C10H14Cl2N10. The van der Waals surface area contributed by atoms with E-state index in [9.17, 15) is 0 Å². The summed E-state index contributed by atoms with van der Waals surface area (Å²) in [5, 5.41) is 11.8. The van der Waals surface area contributed by atoms with Gasteiger partial charge in [-0.15, -0.1) is 0 Å². The van der Waals surface area contributed by atoms with Crippen LogP contribution in [0.4, 0.5) is 23.8 Å². The first kappa shape index (κ1) is 16.2. The molecule has 0 saturated carbocycles. The first-order valence-electron chi connectivity index (χ1n) is 6.27. The molecule has 118 valence electrons. The third-order valence-electron chi connectivity index (χ3n) is 2.35. The van der Waals surface area contributed by atoms with Gasteiger partial charge in [-0.25, -0.2) is 0 Å². The monoisotopic (exact) mass is 344 g/mol. The van der Waals surface area contributed by atoms with Crippen molar-refractivity contribution in [2.24, 2.45) is 0 Å². The smallest absolute Gasteiger partial charge is 0.228 e. The average Bonchev–Trinajstić information content (AvgIpc) is 2.50. The lowest BCUT2D eigenvalue weighted by atomic mass is 10.6. The summed E-state index contributed by atoms with van der Waals surface area (Å²) in [4.78, 5) is 23.9. The molecule has 10 nitrogen and oxygen atoms in total. The van der Waals surface area contributed by atoms with Gasteiger partial charge in [0.1, 0.15) is 0 Å². The predicted octanol–water partition coefficient (Wildman–Crippen LogP) is 0.971. The minimum Gasteiger partial charge on any atom is -0.357 e. The van der Waals surface area contributed by atoms with Crippen molar-refractivity contribution >= 4 is 47.0 Å². The lowest BCUT2D eigenvalue weighted by Gasteiger charge is -2.08. The zero-order valence-corrected chi connectivity index (χ0v) is 13.4. The highest BCUT2D eigenvalue weighted by Crippen LogP contribution is 2.09. The van der Waals surface area contributed by atoms with Crippen LogP contribution in [0.25, 0.3) is 0 Å². The molecule has 4 N–H and O–H groups in total. The molecule has 22 heavy (non-hydrogen) atoms. The molecular weight excluding hydrogens is 331 g/mol. The van der Waals surface area contributed by atoms with Crippen LogP contribution < -0.4 is 21.3 Å². The molecule has 0 fully saturated rings. The van der Waals surface area contributed by atoms with Crippen LogP contribution in [0, 0.1) is 0 Å². The van der Waals surface area contributed by atoms with E-state index in [-0.39, 0.29) is 10.6 Å². The van der Waals surface area contributed by atoms with E-state index in [4.69, 9.17) is 23.2 Å². The van der Waals surface area contributed by atoms with Crippen molar-refractivity contribution in [3.05, 3.63) is 10.6 Å². The maximum atomic E-state index is 5.78. The second-order valence-corrected chi connectivity index (χ2v) is 4.53. The molecule has 0 aromatic carbocycles. The van der Waals surface area contributed by atoms with Gasteiger partial charge < -0.3 is 21.3 Å². The number of rotatable bonds is 7. The van der Waals surface area contributed by atoms with Crippen molar-refractivity contribution in [3.8, 4) is 0 Å². The van der Waals surface area contributed by atoms with E-state index in [0.29, 0.717) is 36.9 Å². The summed E-state index contributed by atoms with van der Waals surface area (Å²) in [5.41, 5.74) is 0. The Labute approximate surface area is 136 Å². The highest BCUT2D eigenvalue weighted by molar-refractivity contribution is 6.28. The number of anilines is 4. The zero-order valence-electron chi connectivity index (χ0n) is 11.9. The molecule has 2 aromatic heterocycles. The second kappa shape index (κ2) is 7.71. The molecule has 0 spiro atoms. The Balaban J connectivity index is 1.87. The van der Waals surface area contributed by atoms with Gasteiger partial charge >= 0.3 is 0 Å². The Bertz CT molecular complexity index is 582. The van der Waals surface area contributed by atoms with Gasteiger partial charge in [0.2, 0.25) is 34.4 Å². The Morgan fingerprint density at radius 1 is 0.636 bits per heavy atom. The van der Waals surface area contributed by atoms with Crippen LogP contribution in [0.15, 0.2) is 0 Å². The molecule has 0 aliphatic rings. The molecule has 0 aliphatic carbocycles. The number of hydrogen-bond acceptors (Lipinski definition) is 10. The molecule has 0 bridgehead atoms. The van der Waals surface area contributed by atoms with Crippen molar-refractivity contribution in [2.45, 2.75) is 0 Å². The molecule has 0 atom stereocenters. The van der Waals surface area contributed by atoms with Crippen molar-refractivity contribution < 1.29 is 0 Å². The van der Waals surface area contributed by atoms with Crippen LogP contribution >= 0.6 is 23.2 Å². The summed E-state index contributed by atoms with van der Waals surface area (Å²) in [6.45, 7) is 1.03. The van der Waals surface area contributed by atoms with Gasteiger partial charge in [0.25, 0.3) is 0 Å². The summed E-state index contributed by atoms with van der Waals surface area (Å²) in [5.74, 6) is 1.52. The van der Waals surface area contributed by atoms with Crippen LogP contribution in [0.2, 0.25) is 10.6 Å². The van der Waals surface area contributed by atoms with Gasteiger partial charge in [0.15, 0.2) is 0 Å². The molecule has 12 heteroatoms. The van der Waals surface area contributed by atoms with E-state index in [0.717, 1.165) is 0 Å². The number of halogens is 2. The predicted molar refractivity (Wildman–Crippen MR) is 85.7 cm³/mol. The first-order chi connectivity index (χ1) is 10.6. The quantitative estimate of drug-likeness (QED) is 0.539. The third-order valence-corrected chi connectivity index (χ3v) is 2.69. The Morgan fingerprint density at radius 3 is 1.36 bits per heavy atom. The molecule has 2 aromatic rings. The topological polar surface area (TPSA) is 125 Å². The summed E-state index contributed by atoms with van der Waals surface area (Å²) < 4.78 is 0. The maximum Gasteiger partial charge on any atom is 0.228 e. The molecule has 2 heterocycles. The van der Waals surface area contributed by atoms with Crippen molar-refractivity contribution in [3.63, 3.8) is 0 Å². The van der Waals surface area contributed by atoms with Gasteiger partial charge in [0, 0.05) is 27.2 Å². The highest BCUT2D eigenvalue weighted by atomic mass is 35.5. The molecule has 0 saturated heterocycles. The lowest BCUT2D eigenvalue weighted by Crippen LogP contribution is -2.17. The molecule has 0 amide bonds. The fourth-order valence-electron chi connectivity index (χ4n) is 1.43. The third kappa shape index (κ3) is 4.67. The molecule has 0 aliphatic heterocycles. The van der Waals surface area contributed by atoms with E-state index in [1.807, 2.05) is 0 Å². The van der Waals surface area contributed by atoms with Gasteiger partial charge in [0.05, 0.1) is 0 Å². The molecule has 2 rings (SSSR count). The van der Waals surface area contributed by atoms with Crippen LogP contribution in [0.5, 0.6) is 0 Å². The van der Waals surface area contributed by atoms with Gasteiger partial charge in [-0.1, -0.05) is 0 Å².